The number of halogens is 1. The Morgan fingerprint density at radius 1 is 1.29 bits per heavy atom. The summed E-state index contributed by atoms with van der Waals surface area (Å²) in [6.07, 6.45) is 0. The Kier molecular flexibility index (Phi) is 6.49. The molecule has 1 rings (SSSR count). The summed E-state index contributed by atoms with van der Waals surface area (Å²) in [6.45, 7) is 4.84. The third-order valence-electron chi connectivity index (χ3n) is 2.83. The second-order valence-corrected chi connectivity index (χ2v) is 5.85. The van der Waals surface area contributed by atoms with Crippen molar-refractivity contribution in [3.63, 3.8) is 0 Å². The Morgan fingerprint density at radius 2 is 1.95 bits per heavy atom. The maximum Gasteiger partial charge on any atom is 0.252 e. The van der Waals surface area contributed by atoms with Gasteiger partial charge in [0.2, 0.25) is 5.91 Å². The highest BCUT2D eigenvalue weighted by Gasteiger charge is 2.11. The minimum Gasteiger partial charge on any atom is -0.376 e. The standard InChI is InChI=1S/C15H22ClN3O2/c1-10(2)8-18-15(21)12-6-5-11(7-13(12)16)17-9-14(20)19(3)4/h5-7,10,17H,8-9H2,1-4H3,(H,18,21). The molecule has 0 radical (unpaired) electrons. The minimum atomic E-state index is -0.190. The van der Waals surface area contributed by atoms with Gasteiger partial charge in [0.05, 0.1) is 17.1 Å². The SMILES string of the molecule is CC(C)CNC(=O)c1ccc(NCC(=O)N(C)C)cc1Cl. The number of carbonyl (C=O) groups is 2. The highest BCUT2D eigenvalue weighted by Crippen LogP contribution is 2.21. The van der Waals surface area contributed by atoms with Crippen LogP contribution in [0.1, 0.15) is 24.2 Å². The average Bonchev–Trinajstić information content (AvgIpc) is 2.42. The van der Waals surface area contributed by atoms with Gasteiger partial charge >= 0.3 is 0 Å². The van der Waals surface area contributed by atoms with E-state index < -0.39 is 0 Å². The summed E-state index contributed by atoms with van der Waals surface area (Å²) < 4.78 is 0. The number of amides is 2. The smallest absolute Gasteiger partial charge is 0.252 e. The van der Waals surface area contributed by atoms with Gasteiger partial charge in [0.25, 0.3) is 5.91 Å². The third-order valence-corrected chi connectivity index (χ3v) is 3.14. The molecule has 21 heavy (non-hydrogen) atoms. The predicted molar refractivity (Wildman–Crippen MR) is 85.8 cm³/mol. The highest BCUT2D eigenvalue weighted by molar-refractivity contribution is 6.34. The number of nitrogens with one attached hydrogen (secondary N) is 2. The first-order valence-corrected chi connectivity index (χ1v) is 7.20. The number of likely N-dealkylation sites (N-methyl/N-ethyl adjacent to an activating group) is 1. The molecule has 0 aliphatic heterocycles. The van der Waals surface area contributed by atoms with Gasteiger partial charge in [0.1, 0.15) is 0 Å². The van der Waals surface area contributed by atoms with E-state index in [0.29, 0.717) is 28.7 Å². The zero-order chi connectivity index (χ0) is 16.0. The molecule has 0 saturated heterocycles. The fourth-order valence-electron chi connectivity index (χ4n) is 1.54. The van der Waals surface area contributed by atoms with Gasteiger partial charge < -0.3 is 15.5 Å². The van der Waals surface area contributed by atoms with Crippen LogP contribution in [0.3, 0.4) is 0 Å². The average molecular weight is 312 g/mol. The molecule has 0 aliphatic carbocycles. The van der Waals surface area contributed by atoms with E-state index >= 15 is 0 Å². The summed E-state index contributed by atoms with van der Waals surface area (Å²) >= 11 is 6.12. The van der Waals surface area contributed by atoms with Gasteiger partial charge in [-0.3, -0.25) is 9.59 Å². The van der Waals surface area contributed by atoms with Crippen LogP contribution < -0.4 is 10.6 Å². The summed E-state index contributed by atoms with van der Waals surface area (Å²) in [5, 5.41) is 6.15. The fourth-order valence-corrected chi connectivity index (χ4v) is 1.80. The molecule has 0 spiro atoms. The zero-order valence-corrected chi connectivity index (χ0v) is 13.6. The van der Waals surface area contributed by atoms with Crippen molar-refractivity contribution in [1.29, 1.82) is 0 Å². The monoisotopic (exact) mass is 311 g/mol. The molecule has 0 aromatic heterocycles. The summed E-state index contributed by atoms with van der Waals surface area (Å²) in [5.41, 5.74) is 1.14. The summed E-state index contributed by atoms with van der Waals surface area (Å²) in [6, 6.07) is 5.04. The number of hydrogen-bond donors (Lipinski definition) is 2. The van der Waals surface area contributed by atoms with E-state index in [9.17, 15) is 9.59 Å². The lowest BCUT2D eigenvalue weighted by molar-refractivity contribution is -0.126. The van der Waals surface area contributed by atoms with Crippen molar-refractivity contribution >= 4 is 29.1 Å². The lowest BCUT2D eigenvalue weighted by Gasteiger charge is -2.13. The van der Waals surface area contributed by atoms with E-state index in [4.69, 9.17) is 11.6 Å². The Labute approximate surface area is 130 Å². The molecule has 0 aliphatic rings. The lowest BCUT2D eigenvalue weighted by Crippen LogP contribution is -2.29. The molecule has 0 fully saturated rings. The van der Waals surface area contributed by atoms with Crippen molar-refractivity contribution in [2.75, 3.05) is 32.5 Å². The van der Waals surface area contributed by atoms with Crippen LogP contribution in [-0.2, 0) is 4.79 Å². The van der Waals surface area contributed by atoms with Gasteiger partial charge in [-0.2, -0.15) is 0 Å². The van der Waals surface area contributed by atoms with Crippen molar-refractivity contribution in [3.8, 4) is 0 Å². The highest BCUT2D eigenvalue weighted by atomic mass is 35.5. The molecule has 0 bridgehead atoms. The second-order valence-electron chi connectivity index (χ2n) is 5.44. The Bertz CT molecular complexity index is 516. The van der Waals surface area contributed by atoms with E-state index in [1.807, 2.05) is 13.8 Å². The van der Waals surface area contributed by atoms with Crippen molar-refractivity contribution in [1.82, 2.24) is 10.2 Å². The van der Waals surface area contributed by atoms with Gasteiger partial charge in [-0.05, 0) is 24.1 Å². The normalized spacial score (nSPS) is 10.4. The molecular weight excluding hydrogens is 290 g/mol. The van der Waals surface area contributed by atoms with E-state index in [1.165, 1.54) is 4.90 Å². The van der Waals surface area contributed by atoms with E-state index in [-0.39, 0.29) is 18.4 Å². The molecule has 0 saturated carbocycles. The van der Waals surface area contributed by atoms with Gasteiger partial charge in [0, 0.05) is 26.3 Å². The molecule has 2 N–H and O–H groups in total. The van der Waals surface area contributed by atoms with Gasteiger partial charge in [-0.25, -0.2) is 0 Å². The molecule has 116 valence electrons. The van der Waals surface area contributed by atoms with E-state index in [1.54, 1.807) is 32.3 Å². The van der Waals surface area contributed by atoms with Crippen molar-refractivity contribution < 1.29 is 9.59 Å². The number of carbonyl (C=O) groups excluding carboxylic acids is 2. The lowest BCUT2D eigenvalue weighted by atomic mass is 10.1. The Hall–Kier alpha value is -1.75. The zero-order valence-electron chi connectivity index (χ0n) is 12.9. The first-order chi connectivity index (χ1) is 9.81. The molecular formula is C15H22ClN3O2. The van der Waals surface area contributed by atoms with Crippen LogP contribution in [0.5, 0.6) is 0 Å². The van der Waals surface area contributed by atoms with Crippen molar-refractivity contribution in [2.24, 2.45) is 5.92 Å². The number of nitrogens with zero attached hydrogens (tertiary/aromatic N) is 1. The second kappa shape index (κ2) is 7.88. The van der Waals surface area contributed by atoms with Gasteiger partial charge in [-0.15, -0.1) is 0 Å². The van der Waals surface area contributed by atoms with Crippen molar-refractivity contribution in [2.45, 2.75) is 13.8 Å². The summed E-state index contributed by atoms with van der Waals surface area (Å²) in [5.74, 6) is 0.153. The van der Waals surface area contributed by atoms with Crippen molar-refractivity contribution in [3.05, 3.63) is 28.8 Å². The third kappa shape index (κ3) is 5.63. The summed E-state index contributed by atoms with van der Waals surface area (Å²) in [4.78, 5) is 25.0. The Morgan fingerprint density at radius 3 is 2.48 bits per heavy atom. The quantitative estimate of drug-likeness (QED) is 0.847. The molecule has 0 heterocycles. The molecule has 2 amide bonds. The molecule has 1 aromatic carbocycles. The van der Waals surface area contributed by atoms with E-state index in [2.05, 4.69) is 10.6 Å². The van der Waals surface area contributed by atoms with Crippen LogP contribution in [0.4, 0.5) is 5.69 Å². The maximum absolute atomic E-state index is 12.0. The number of rotatable bonds is 6. The number of hydrogen-bond acceptors (Lipinski definition) is 3. The van der Waals surface area contributed by atoms with Crippen LogP contribution in [0.25, 0.3) is 0 Å². The minimum absolute atomic E-state index is 0.0372. The first-order valence-electron chi connectivity index (χ1n) is 6.83. The van der Waals surface area contributed by atoms with Gasteiger partial charge in [-0.1, -0.05) is 25.4 Å². The summed E-state index contributed by atoms with van der Waals surface area (Å²) in [7, 11) is 3.39. The maximum atomic E-state index is 12.0. The molecule has 0 unspecified atom stereocenters. The molecule has 1 aromatic rings. The van der Waals surface area contributed by atoms with Crippen LogP contribution >= 0.6 is 11.6 Å². The molecule has 5 nitrogen and oxygen atoms in total. The topological polar surface area (TPSA) is 61.4 Å². The number of benzene rings is 1. The van der Waals surface area contributed by atoms with Crippen LogP contribution in [0.15, 0.2) is 18.2 Å². The Balaban J connectivity index is 2.67. The van der Waals surface area contributed by atoms with E-state index in [0.717, 1.165) is 0 Å². The number of anilines is 1. The predicted octanol–water partition coefficient (Wildman–Crippen LogP) is 2.23. The van der Waals surface area contributed by atoms with Crippen LogP contribution in [0, 0.1) is 5.92 Å². The van der Waals surface area contributed by atoms with Crippen LogP contribution in [-0.4, -0.2) is 43.9 Å². The fraction of sp³-hybridized carbons (Fsp3) is 0.467. The van der Waals surface area contributed by atoms with Crippen LogP contribution in [0.2, 0.25) is 5.02 Å². The van der Waals surface area contributed by atoms with Gasteiger partial charge in [0.15, 0.2) is 0 Å². The molecule has 6 heteroatoms. The molecule has 0 atom stereocenters. The largest absolute Gasteiger partial charge is 0.376 e. The first kappa shape index (κ1) is 17.3.